The summed E-state index contributed by atoms with van der Waals surface area (Å²) in [5.74, 6) is -0.559. The summed E-state index contributed by atoms with van der Waals surface area (Å²) >= 11 is 0. The lowest BCUT2D eigenvalue weighted by Gasteiger charge is -2.08. The average Bonchev–Trinajstić information content (AvgIpc) is 3.20. The first kappa shape index (κ1) is 18.7. The lowest BCUT2D eigenvalue weighted by atomic mass is 10.2. The van der Waals surface area contributed by atoms with Crippen molar-refractivity contribution in [2.24, 2.45) is 0 Å². The third kappa shape index (κ3) is 3.83. The van der Waals surface area contributed by atoms with Gasteiger partial charge < -0.3 is 5.32 Å². The molecule has 8 nitrogen and oxygen atoms in total. The number of benzene rings is 1. The number of aromatic nitrogens is 4. The molecule has 0 atom stereocenters. The van der Waals surface area contributed by atoms with Gasteiger partial charge in [0.05, 0.1) is 21.6 Å². The molecule has 4 aromatic rings. The third-order valence-corrected chi connectivity index (χ3v) is 5.92. The highest BCUT2D eigenvalue weighted by molar-refractivity contribution is 7.91. The van der Waals surface area contributed by atoms with Crippen molar-refractivity contribution >= 4 is 21.5 Å². The minimum Gasteiger partial charge on any atom is -0.348 e. The Balaban J connectivity index is 1.46. The second-order valence-corrected chi connectivity index (χ2v) is 8.10. The minimum absolute atomic E-state index is 0.00901. The van der Waals surface area contributed by atoms with E-state index in [1.54, 1.807) is 35.1 Å². The SMILES string of the molecule is O=C(NCc1ccc(S(=O)(=O)c2cncc(F)c2)cc1)c1cnc2nccn2c1. The van der Waals surface area contributed by atoms with Crippen molar-refractivity contribution in [1.82, 2.24) is 24.7 Å². The van der Waals surface area contributed by atoms with Gasteiger partial charge >= 0.3 is 0 Å². The van der Waals surface area contributed by atoms with Crippen LogP contribution in [0.2, 0.25) is 0 Å². The number of fused-ring (bicyclic) bond motifs is 1. The van der Waals surface area contributed by atoms with Gasteiger partial charge in [0, 0.05) is 37.5 Å². The first-order valence-electron chi connectivity index (χ1n) is 8.45. The number of rotatable bonds is 5. The molecule has 0 radical (unpaired) electrons. The molecule has 0 aliphatic heterocycles. The Hall–Kier alpha value is -3.66. The van der Waals surface area contributed by atoms with E-state index in [9.17, 15) is 17.6 Å². The summed E-state index contributed by atoms with van der Waals surface area (Å²) in [6.45, 7) is 0.197. The third-order valence-electron chi connectivity index (χ3n) is 4.18. The van der Waals surface area contributed by atoms with E-state index in [0.29, 0.717) is 16.9 Å². The molecule has 0 unspecified atom stereocenters. The van der Waals surface area contributed by atoms with E-state index in [1.165, 1.54) is 18.3 Å². The molecule has 29 heavy (non-hydrogen) atoms. The molecular weight excluding hydrogens is 397 g/mol. The molecule has 4 rings (SSSR count). The quantitative estimate of drug-likeness (QED) is 0.539. The Morgan fingerprint density at radius 3 is 2.62 bits per heavy atom. The fraction of sp³-hybridized carbons (Fsp3) is 0.0526. The van der Waals surface area contributed by atoms with E-state index >= 15 is 0 Å². The maximum Gasteiger partial charge on any atom is 0.254 e. The van der Waals surface area contributed by atoms with Gasteiger partial charge in [0.2, 0.25) is 15.6 Å². The highest BCUT2D eigenvalue weighted by Crippen LogP contribution is 2.21. The second-order valence-electron chi connectivity index (χ2n) is 6.15. The highest BCUT2D eigenvalue weighted by atomic mass is 32.2. The summed E-state index contributed by atoms with van der Waals surface area (Å²) in [5.41, 5.74) is 1.07. The van der Waals surface area contributed by atoms with Crippen LogP contribution in [0.25, 0.3) is 5.78 Å². The number of nitrogens with one attached hydrogen (secondary N) is 1. The van der Waals surface area contributed by atoms with Gasteiger partial charge in [-0.05, 0) is 23.8 Å². The summed E-state index contributed by atoms with van der Waals surface area (Å²) in [5, 5.41) is 2.75. The van der Waals surface area contributed by atoms with Crippen molar-refractivity contribution in [3.8, 4) is 0 Å². The average molecular weight is 411 g/mol. The van der Waals surface area contributed by atoms with Crippen molar-refractivity contribution in [2.45, 2.75) is 16.3 Å². The van der Waals surface area contributed by atoms with Gasteiger partial charge in [0.1, 0.15) is 5.82 Å². The molecule has 0 fully saturated rings. The number of carbonyl (C=O) groups is 1. The number of imidazole rings is 1. The lowest BCUT2D eigenvalue weighted by molar-refractivity contribution is 0.0950. The van der Waals surface area contributed by atoms with Gasteiger partial charge in [-0.3, -0.25) is 14.2 Å². The molecule has 3 heterocycles. The van der Waals surface area contributed by atoms with E-state index in [-0.39, 0.29) is 22.2 Å². The Labute approximate surface area is 165 Å². The van der Waals surface area contributed by atoms with Crippen molar-refractivity contribution in [2.75, 3.05) is 0 Å². The van der Waals surface area contributed by atoms with E-state index < -0.39 is 15.7 Å². The molecule has 0 saturated heterocycles. The predicted molar refractivity (Wildman–Crippen MR) is 100 cm³/mol. The molecule has 0 spiro atoms. The van der Waals surface area contributed by atoms with Crippen LogP contribution >= 0.6 is 0 Å². The van der Waals surface area contributed by atoms with Crippen LogP contribution in [-0.4, -0.2) is 33.7 Å². The topological polar surface area (TPSA) is 106 Å². The van der Waals surface area contributed by atoms with Crippen LogP contribution in [0.15, 0.2) is 77.3 Å². The lowest BCUT2D eigenvalue weighted by Crippen LogP contribution is -2.23. The van der Waals surface area contributed by atoms with Gasteiger partial charge in [-0.1, -0.05) is 12.1 Å². The molecule has 0 bridgehead atoms. The monoisotopic (exact) mass is 411 g/mol. The number of pyridine rings is 1. The number of hydrogen-bond acceptors (Lipinski definition) is 6. The van der Waals surface area contributed by atoms with Crippen LogP contribution in [0.4, 0.5) is 4.39 Å². The number of carbonyl (C=O) groups excluding carboxylic acids is 1. The van der Waals surface area contributed by atoms with Crippen LogP contribution in [0.5, 0.6) is 0 Å². The molecule has 1 amide bonds. The summed E-state index contributed by atoms with van der Waals surface area (Å²) < 4.78 is 40.0. The summed E-state index contributed by atoms with van der Waals surface area (Å²) in [4.78, 5) is 23.8. The minimum atomic E-state index is -3.87. The van der Waals surface area contributed by atoms with Crippen LogP contribution in [0.1, 0.15) is 15.9 Å². The Bertz CT molecular complexity index is 1300. The normalized spacial score (nSPS) is 11.5. The molecule has 3 aromatic heterocycles. The molecule has 1 aromatic carbocycles. The number of hydrogen-bond donors (Lipinski definition) is 1. The van der Waals surface area contributed by atoms with E-state index in [4.69, 9.17) is 0 Å². The van der Waals surface area contributed by atoms with Gasteiger partial charge in [0.15, 0.2) is 0 Å². The summed E-state index contributed by atoms with van der Waals surface area (Å²) in [6, 6.07) is 6.89. The Morgan fingerprint density at radius 2 is 1.86 bits per heavy atom. The smallest absolute Gasteiger partial charge is 0.254 e. The van der Waals surface area contributed by atoms with Gasteiger partial charge in [-0.2, -0.15) is 0 Å². The van der Waals surface area contributed by atoms with Gasteiger partial charge in [0.25, 0.3) is 5.91 Å². The predicted octanol–water partition coefficient (Wildman–Crippen LogP) is 2.03. The zero-order valence-corrected chi connectivity index (χ0v) is 15.7. The van der Waals surface area contributed by atoms with Gasteiger partial charge in [-0.15, -0.1) is 0 Å². The molecule has 0 aliphatic rings. The maximum absolute atomic E-state index is 13.3. The highest BCUT2D eigenvalue weighted by Gasteiger charge is 2.18. The van der Waals surface area contributed by atoms with E-state index in [2.05, 4.69) is 20.3 Å². The van der Waals surface area contributed by atoms with Crippen LogP contribution < -0.4 is 5.32 Å². The van der Waals surface area contributed by atoms with Crippen molar-refractivity contribution in [3.63, 3.8) is 0 Å². The largest absolute Gasteiger partial charge is 0.348 e. The molecule has 1 N–H and O–H groups in total. The molecule has 0 saturated carbocycles. The molecule has 0 aliphatic carbocycles. The van der Waals surface area contributed by atoms with Crippen LogP contribution in [0, 0.1) is 5.82 Å². The summed E-state index contributed by atoms with van der Waals surface area (Å²) in [7, 11) is -3.87. The second kappa shape index (κ2) is 7.40. The summed E-state index contributed by atoms with van der Waals surface area (Å²) in [6.07, 6.45) is 8.35. The van der Waals surface area contributed by atoms with Gasteiger partial charge in [-0.25, -0.2) is 22.8 Å². The van der Waals surface area contributed by atoms with E-state index in [0.717, 1.165) is 18.5 Å². The Morgan fingerprint density at radius 1 is 1.07 bits per heavy atom. The fourth-order valence-electron chi connectivity index (χ4n) is 2.68. The van der Waals surface area contributed by atoms with E-state index in [1.807, 2.05) is 0 Å². The Kier molecular flexibility index (Phi) is 4.77. The van der Waals surface area contributed by atoms with Crippen molar-refractivity contribution in [3.05, 3.63) is 84.5 Å². The van der Waals surface area contributed by atoms with Crippen LogP contribution in [-0.2, 0) is 16.4 Å². The van der Waals surface area contributed by atoms with Crippen LogP contribution in [0.3, 0.4) is 0 Å². The maximum atomic E-state index is 13.3. The first-order chi connectivity index (χ1) is 13.9. The number of halogens is 1. The molecule has 10 heteroatoms. The number of amides is 1. The number of sulfone groups is 1. The standard InChI is InChI=1S/C19H14FN5O3S/c20-15-7-17(11-21-10-15)29(27,28)16-3-1-13(2-4-16)8-23-18(26)14-9-24-19-22-5-6-25(19)12-14/h1-7,9-12H,8H2,(H,23,26). The molecule has 146 valence electrons. The zero-order chi connectivity index (χ0) is 20.4. The zero-order valence-electron chi connectivity index (χ0n) is 14.9. The van der Waals surface area contributed by atoms with Crippen molar-refractivity contribution in [1.29, 1.82) is 0 Å². The first-order valence-corrected chi connectivity index (χ1v) is 9.93. The van der Waals surface area contributed by atoms with Crippen molar-refractivity contribution < 1.29 is 17.6 Å². The number of nitrogens with zero attached hydrogens (tertiary/aromatic N) is 4. The fourth-order valence-corrected chi connectivity index (χ4v) is 3.91. The molecular formula is C19H14FN5O3S.